The van der Waals surface area contributed by atoms with Crippen molar-refractivity contribution < 1.29 is 27.2 Å². The Labute approximate surface area is 187 Å². The lowest BCUT2D eigenvalue weighted by Crippen LogP contribution is -3.18. The molecule has 7 rings (SSSR count). The lowest BCUT2D eigenvalue weighted by atomic mass is 9.45. The normalized spacial score (nSPS) is 43.1. The summed E-state index contributed by atoms with van der Waals surface area (Å²) >= 11 is 0. The molecule has 4 saturated carbocycles. The Morgan fingerprint density at radius 2 is 1.50 bits per heavy atom. The van der Waals surface area contributed by atoms with Crippen molar-refractivity contribution in [2.24, 2.45) is 29.6 Å². The summed E-state index contributed by atoms with van der Waals surface area (Å²) in [5, 5.41) is 13.0. The van der Waals surface area contributed by atoms with Gasteiger partial charge in [-0.2, -0.15) is 0 Å². The lowest BCUT2D eigenvalue weighted by Gasteiger charge is -2.61. The molecule has 1 aromatic rings. The average molecular weight is 430 g/mol. The summed E-state index contributed by atoms with van der Waals surface area (Å²) in [4.78, 5) is 13.6. The highest BCUT2D eigenvalue weighted by atomic mass is 35.5. The fraction of sp³-hybridized carbons (Fsp3) is 0.731. The molecule has 4 heteroatoms. The third kappa shape index (κ3) is 2.74. The number of rotatable bonds is 4. The summed E-state index contributed by atoms with van der Waals surface area (Å²) in [5.41, 5.74) is 1.12. The third-order valence-corrected chi connectivity index (χ3v) is 10.0. The molecule has 0 aromatic heterocycles. The van der Waals surface area contributed by atoms with Gasteiger partial charge in [0.2, 0.25) is 0 Å². The molecule has 6 aliphatic rings. The molecule has 1 atom stereocenters. The Morgan fingerprint density at radius 1 is 0.967 bits per heavy atom. The van der Waals surface area contributed by atoms with E-state index in [4.69, 9.17) is 0 Å². The molecule has 30 heavy (non-hydrogen) atoms. The van der Waals surface area contributed by atoms with E-state index in [9.17, 15) is 9.90 Å². The fourth-order valence-electron chi connectivity index (χ4n) is 9.29. The molecule has 4 bridgehead atoms. The molecule has 3 nitrogen and oxygen atoms in total. The van der Waals surface area contributed by atoms with Gasteiger partial charge in [-0.15, -0.1) is 0 Å². The number of nitrogens with one attached hydrogen (secondary N) is 1. The van der Waals surface area contributed by atoms with Gasteiger partial charge in [0.1, 0.15) is 11.1 Å². The van der Waals surface area contributed by atoms with Crippen molar-refractivity contribution in [2.45, 2.75) is 75.9 Å². The third-order valence-electron chi connectivity index (χ3n) is 10.0. The Hall–Kier alpha value is -0.900. The molecule has 1 unspecified atom stereocenters. The van der Waals surface area contributed by atoms with Crippen LogP contribution in [0.25, 0.3) is 0 Å². The smallest absolute Gasteiger partial charge is 0.159 e. The Balaban J connectivity index is 0.00000193. The van der Waals surface area contributed by atoms with Gasteiger partial charge in [0, 0.05) is 37.2 Å². The minimum absolute atomic E-state index is 0. The van der Waals surface area contributed by atoms with Gasteiger partial charge >= 0.3 is 0 Å². The van der Waals surface area contributed by atoms with Gasteiger partial charge in [-0.3, -0.25) is 4.79 Å². The SMILES string of the molecule is CC(=O)c1ccc(C(O)(C2C3CC4CC(C3)CC2C4)C23CCC[NH+]2CCC3)cc1.[Cl-]. The van der Waals surface area contributed by atoms with Crippen LogP contribution in [0.1, 0.15) is 80.6 Å². The van der Waals surface area contributed by atoms with Gasteiger partial charge < -0.3 is 22.4 Å². The molecule has 6 fully saturated rings. The Kier molecular flexibility index (Phi) is 5.12. The zero-order valence-corrected chi connectivity index (χ0v) is 19.0. The minimum atomic E-state index is -0.743. The molecule has 0 radical (unpaired) electrons. The number of aliphatic hydroxyl groups is 1. The Bertz CT molecular complexity index is 783. The topological polar surface area (TPSA) is 41.7 Å². The van der Waals surface area contributed by atoms with Crippen LogP contribution in [0, 0.1) is 29.6 Å². The van der Waals surface area contributed by atoms with Gasteiger partial charge in [0.25, 0.3) is 0 Å². The second kappa shape index (κ2) is 7.32. The number of Topliss-reactive ketones (excluding diaryl/α,β-unsaturated/α-hetero) is 1. The van der Waals surface area contributed by atoms with Crippen molar-refractivity contribution in [2.75, 3.05) is 13.1 Å². The van der Waals surface area contributed by atoms with E-state index in [1.807, 2.05) is 12.1 Å². The molecule has 2 saturated heterocycles. The van der Waals surface area contributed by atoms with Crippen molar-refractivity contribution in [3.63, 3.8) is 0 Å². The van der Waals surface area contributed by atoms with Crippen LogP contribution in [0.5, 0.6) is 0 Å². The number of fused-ring (bicyclic) bond motifs is 1. The minimum Gasteiger partial charge on any atom is -1.00 e. The number of ketones is 1. The predicted molar refractivity (Wildman–Crippen MR) is 113 cm³/mol. The van der Waals surface area contributed by atoms with Crippen LogP contribution in [0.2, 0.25) is 0 Å². The van der Waals surface area contributed by atoms with Crippen LogP contribution in [0.15, 0.2) is 24.3 Å². The van der Waals surface area contributed by atoms with Crippen LogP contribution in [-0.4, -0.2) is 29.5 Å². The van der Waals surface area contributed by atoms with E-state index < -0.39 is 5.60 Å². The second-order valence-corrected chi connectivity index (χ2v) is 11.2. The van der Waals surface area contributed by atoms with E-state index in [-0.39, 0.29) is 23.7 Å². The molecule has 0 spiro atoms. The number of carbonyl (C=O) groups is 1. The summed E-state index contributed by atoms with van der Waals surface area (Å²) < 4.78 is 0. The van der Waals surface area contributed by atoms with Crippen molar-refractivity contribution in [1.29, 1.82) is 0 Å². The highest BCUT2D eigenvalue weighted by Gasteiger charge is 2.69. The number of carbonyl (C=O) groups excluding carboxylic acids is 1. The van der Waals surface area contributed by atoms with Gasteiger partial charge in [0.05, 0.1) is 13.1 Å². The number of quaternary nitrogens is 1. The molecule has 2 N–H and O–H groups in total. The lowest BCUT2D eigenvalue weighted by molar-refractivity contribution is -0.936. The second-order valence-electron chi connectivity index (χ2n) is 11.2. The molecule has 2 aliphatic heterocycles. The maximum absolute atomic E-state index is 13.0. The highest BCUT2D eigenvalue weighted by Crippen LogP contribution is 2.63. The zero-order chi connectivity index (χ0) is 19.8. The largest absolute Gasteiger partial charge is 1.00 e. The quantitative estimate of drug-likeness (QED) is 0.679. The standard InChI is InChI=1S/C26H35NO2.ClH/c1-17(28)20-4-6-23(7-5-20)26(29,25-8-2-10-27(25)11-3-9-25)24-21-13-18-12-19(15-21)16-22(24)14-18;/h4-7,18-19,21-22,24,29H,2-3,8-16H2,1H3;1H. The molecule has 2 heterocycles. The number of benzene rings is 1. The van der Waals surface area contributed by atoms with Crippen molar-refractivity contribution in [3.05, 3.63) is 35.4 Å². The number of hydrogen-bond acceptors (Lipinski definition) is 2. The maximum atomic E-state index is 13.0. The van der Waals surface area contributed by atoms with Crippen LogP contribution in [0.3, 0.4) is 0 Å². The summed E-state index contributed by atoms with van der Waals surface area (Å²) in [7, 11) is 0. The first-order valence-electron chi connectivity index (χ1n) is 12.2. The molecule has 164 valence electrons. The van der Waals surface area contributed by atoms with Crippen LogP contribution < -0.4 is 17.3 Å². The van der Waals surface area contributed by atoms with E-state index in [2.05, 4.69) is 12.1 Å². The van der Waals surface area contributed by atoms with Crippen molar-refractivity contribution in [3.8, 4) is 0 Å². The molecule has 4 aliphatic carbocycles. The molecular weight excluding hydrogens is 394 g/mol. The van der Waals surface area contributed by atoms with E-state index in [0.717, 1.165) is 35.8 Å². The first kappa shape index (κ1) is 21.0. The fourth-order valence-corrected chi connectivity index (χ4v) is 9.29. The van der Waals surface area contributed by atoms with Gasteiger partial charge in [0.15, 0.2) is 5.78 Å². The Morgan fingerprint density at radius 3 is 2.00 bits per heavy atom. The number of halogens is 1. The molecule has 1 aromatic carbocycles. The highest BCUT2D eigenvalue weighted by molar-refractivity contribution is 5.94. The van der Waals surface area contributed by atoms with Crippen LogP contribution >= 0.6 is 0 Å². The van der Waals surface area contributed by atoms with E-state index in [1.165, 1.54) is 58.0 Å². The van der Waals surface area contributed by atoms with E-state index >= 15 is 0 Å². The van der Waals surface area contributed by atoms with E-state index in [1.54, 1.807) is 11.8 Å². The van der Waals surface area contributed by atoms with Crippen molar-refractivity contribution in [1.82, 2.24) is 0 Å². The first-order valence-corrected chi connectivity index (χ1v) is 12.2. The molecular formula is C26H36ClNO2. The van der Waals surface area contributed by atoms with E-state index in [0.29, 0.717) is 17.8 Å². The summed E-state index contributed by atoms with van der Waals surface area (Å²) in [6.07, 6.45) is 11.6. The number of hydrogen-bond donors (Lipinski definition) is 2. The van der Waals surface area contributed by atoms with Gasteiger partial charge in [-0.25, -0.2) is 0 Å². The van der Waals surface area contributed by atoms with Gasteiger partial charge in [-0.1, -0.05) is 24.3 Å². The summed E-state index contributed by atoms with van der Waals surface area (Å²) in [6.45, 7) is 4.08. The van der Waals surface area contributed by atoms with Gasteiger partial charge in [-0.05, 0) is 68.3 Å². The zero-order valence-electron chi connectivity index (χ0n) is 18.2. The molecule has 0 amide bonds. The monoisotopic (exact) mass is 429 g/mol. The maximum Gasteiger partial charge on any atom is 0.159 e. The van der Waals surface area contributed by atoms with Crippen LogP contribution in [0.4, 0.5) is 0 Å². The predicted octanol–water partition coefficient (Wildman–Crippen LogP) is 0.364. The average Bonchev–Trinajstić information content (AvgIpc) is 3.28. The summed E-state index contributed by atoms with van der Waals surface area (Å²) in [5.74, 6) is 3.75. The van der Waals surface area contributed by atoms with Crippen molar-refractivity contribution >= 4 is 5.78 Å². The summed E-state index contributed by atoms with van der Waals surface area (Å²) in [6, 6.07) is 8.17. The first-order chi connectivity index (χ1) is 14.0. The van der Waals surface area contributed by atoms with Crippen LogP contribution in [-0.2, 0) is 5.60 Å².